The molecule has 0 aliphatic carbocycles. The molecule has 1 atom stereocenters. The molecule has 0 saturated carbocycles. The van der Waals surface area contributed by atoms with E-state index < -0.39 is 0 Å². The van der Waals surface area contributed by atoms with Crippen molar-refractivity contribution in [2.24, 2.45) is 5.84 Å². The van der Waals surface area contributed by atoms with Gasteiger partial charge in [0.05, 0.1) is 23.1 Å². The summed E-state index contributed by atoms with van der Waals surface area (Å²) < 4.78 is 12.8. The van der Waals surface area contributed by atoms with Crippen molar-refractivity contribution in [3.05, 3.63) is 42.1 Å². The van der Waals surface area contributed by atoms with Crippen molar-refractivity contribution in [1.82, 2.24) is 5.43 Å². The number of methoxy groups -OCH3 is 2. The first-order valence-electron chi connectivity index (χ1n) is 5.72. The summed E-state index contributed by atoms with van der Waals surface area (Å²) in [5.74, 6) is 7.18. The number of hydrogen-bond acceptors (Lipinski definition) is 5. The standard InChI is InChI=1S/C13H14BrIN2O2S/c1-18-9-4-3-8(13(19-2)11(9)14)12(17-16)7-5-10(15)20-6-7/h3-6,12,17H,16H2,1-2H3. The zero-order valence-corrected chi connectivity index (χ0v) is 15.5. The van der Waals surface area contributed by atoms with Crippen LogP contribution < -0.4 is 20.7 Å². The molecule has 3 N–H and O–H groups in total. The molecule has 0 fully saturated rings. The van der Waals surface area contributed by atoms with Crippen LogP contribution in [-0.4, -0.2) is 14.2 Å². The summed E-state index contributed by atoms with van der Waals surface area (Å²) in [6, 6.07) is 5.82. The highest BCUT2D eigenvalue weighted by atomic mass is 127. The first kappa shape index (κ1) is 16.0. The number of nitrogens with two attached hydrogens (primary N) is 1. The maximum absolute atomic E-state index is 5.74. The quantitative estimate of drug-likeness (QED) is 0.399. The molecule has 1 heterocycles. The van der Waals surface area contributed by atoms with Gasteiger partial charge in [-0.1, -0.05) is 0 Å². The monoisotopic (exact) mass is 468 g/mol. The van der Waals surface area contributed by atoms with Gasteiger partial charge in [-0.2, -0.15) is 0 Å². The predicted octanol–water partition coefficient (Wildman–Crippen LogP) is 3.69. The molecule has 1 unspecified atom stereocenters. The van der Waals surface area contributed by atoms with Crippen LogP contribution in [0.25, 0.3) is 0 Å². The number of halogens is 2. The topological polar surface area (TPSA) is 56.5 Å². The molecule has 7 heteroatoms. The van der Waals surface area contributed by atoms with E-state index in [1.54, 1.807) is 25.6 Å². The summed E-state index contributed by atoms with van der Waals surface area (Å²) in [4.78, 5) is 0. The van der Waals surface area contributed by atoms with Gasteiger partial charge in [-0.15, -0.1) is 11.3 Å². The van der Waals surface area contributed by atoms with E-state index in [1.165, 1.54) is 2.88 Å². The number of benzene rings is 1. The third-order valence-electron chi connectivity index (χ3n) is 2.91. The lowest BCUT2D eigenvalue weighted by Gasteiger charge is -2.20. The highest BCUT2D eigenvalue weighted by Crippen LogP contribution is 2.41. The molecule has 4 nitrogen and oxygen atoms in total. The molecule has 0 spiro atoms. The van der Waals surface area contributed by atoms with E-state index in [1.807, 2.05) is 12.1 Å². The summed E-state index contributed by atoms with van der Waals surface area (Å²) in [6.07, 6.45) is 0. The van der Waals surface area contributed by atoms with E-state index in [9.17, 15) is 0 Å². The Morgan fingerprint density at radius 2 is 2.10 bits per heavy atom. The van der Waals surface area contributed by atoms with Crippen LogP contribution in [0.3, 0.4) is 0 Å². The molecule has 2 rings (SSSR count). The first-order valence-corrected chi connectivity index (χ1v) is 8.48. The largest absolute Gasteiger partial charge is 0.495 e. The molecule has 2 aromatic rings. The second-order valence-electron chi connectivity index (χ2n) is 3.99. The second kappa shape index (κ2) is 7.08. The lowest BCUT2D eigenvalue weighted by atomic mass is 10.0. The Labute approximate surface area is 143 Å². The summed E-state index contributed by atoms with van der Waals surface area (Å²) in [5, 5.41) is 2.09. The number of nitrogens with one attached hydrogen (secondary N) is 1. The van der Waals surface area contributed by atoms with Gasteiger partial charge in [-0.3, -0.25) is 5.84 Å². The van der Waals surface area contributed by atoms with Crippen molar-refractivity contribution >= 4 is 49.9 Å². The minimum absolute atomic E-state index is 0.132. The predicted molar refractivity (Wildman–Crippen MR) is 93.4 cm³/mol. The summed E-state index contributed by atoms with van der Waals surface area (Å²) >= 11 is 7.49. The molecule has 0 aliphatic heterocycles. The van der Waals surface area contributed by atoms with Crippen LogP contribution in [0.1, 0.15) is 17.2 Å². The maximum atomic E-state index is 5.74. The third kappa shape index (κ3) is 3.11. The Morgan fingerprint density at radius 1 is 1.35 bits per heavy atom. The number of hydrazine groups is 1. The fourth-order valence-electron chi connectivity index (χ4n) is 1.99. The van der Waals surface area contributed by atoms with Crippen molar-refractivity contribution in [2.75, 3.05) is 14.2 Å². The molecule has 108 valence electrons. The SMILES string of the molecule is COc1ccc(C(NN)c2csc(I)c2)c(OC)c1Br. The Hall–Kier alpha value is -0.350. The van der Waals surface area contributed by atoms with Crippen molar-refractivity contribution in [1.29, 1.82) is 0 Å². The highest BCUT2D eigenvalue weighted by molar-refractivity contribution is 14.1. The van der Waals surface area contributed by atoms with E-state index in [4.69, 9.17) is 15.3 Å². The van der Waals surface area contributed by atoms with Gasteiger partial charge in [0.25, 0.3) is 0 Å². The van der Waals surface area contributed by atoms with Crippen molar-refractivity contribution in [2.45, 2.75) is 6.04 Å². The van der Waals surface area contributed by atoms with Gasteiger partial charge in [0.15, 0.2) is 0 Å². The first-order chi connectivity index (χ1) is 9.62. The Morgan fingerprint density at radius 3 is 2.60 bits per heavy atom. The molecule has 1 aromatic heterocycles. The maximum Gasteiger partial charge on any atom is 0.141 e. The number of hydrogen-bond donors (Lipinski definition) is 2. The van der Waals surface area contributed by atoms with Crippen LogP contribution >= 0.6 is 49.9 Å². The molecule has 20 heavy (non-hydrogen) atoms. The van der Waals surface area contributed by atoms with Crippen LogP contribution in [0, 0.1) is 2.88 Å². The fraction of sp³-hybridized carbons (Fsp3) is 0.231. The van der Waals surface area contributed by atoms with Crippen molar-refractivity contribution in [3.63, 3.8) is 0 Å². The number of ether oxygens (including phenoxy) is 2. The van der Waals surface area contributed by atoms with Crippen LogP contribution in [0.2, 0.25) is 0 Å². The average molecular weight is 469 g/mol. The highest BCUT2D eigenvalue weighted by Gasteiger charge is 2.21. The van der Waals surface area contributed by atoms with E-state index in [2.05, 4.69) is 55.4 Å². The second-order valence-corrected chi connectivity index (χ2v) is 7.59. The van der Waals surface area contributed by atoms with Gasteiger partial charge in [0, 0.05) is 5.56 Å². The van der Waals surface area contributed by atoms with Crippen molar-refractivity contribution < 1.29 is 9.47 Å². The Bertz CT molecular complexity index is 606. The zero-order chi connectivity index (χ0) is 14.7. The molecule has 0 aliphatic rings. The lowest BCUT2D eigenvalue weighted by Crippen LogP contribution is -2.29. The molecule has 0 radical (unpaired) electrons. The van der Waals surface area contributed by atoms with Gasteiger partial charge < -0.3 is 9.47 Å². The van der Waals surface area contributed by atoms with E-state index >= 15 is 0 Å². The number of rotatable bonds is 5. The van der Waals surface area contributed by atoms with Gasteiger partial charge in [-0.05, 0) is 67.7 Å². The van der Waals surface area contributed by atoms with Gasteiger partial charge >= 0.3 is 0 Å². The normalized spacial score (nSPS) is 12.2. The molecule has 0 bridgehead atoms. The smallest absolute Gasteiger partial charge is 0.141 e. The van der Waals surface area contributed by atoms with Crippen molar-refractivity contribution in [3.8, 4) is 11.5 Å². The summed E-state index contributed by atoms with van der Waals surface area (Å²) in [5.41, 5.74) is 4.91. The van der Waals surface area contributed by atoms with E-state index in [0.717, 1.165) is 21.3 Å². The molecule has 0 saturated heterocycles. The van der Waals surface area contributed by atoms with Crippen LogP contribution in [0.5, 0.6) is 11.5 Å². The van der Waals surface area contributed by atoms with E-state index in [-0.39, 0.29) is 6.04 Å². The van der Waals surface area contributed by atoms with Gasteiger partial charge in [0.2, 0.25) is 0 Å². The molecule has 0 amide bonds. The van der Waals surface area contributed by atoms with Gasteiger partial charge in [0.1, 0.15) is 16.0 Å². The summed E-state index contributed by atoms with van der Waals surface area (Å²) in [6.45, 7) is 0. The number of thiophene rings is 1. The zero-order valence-electron chi connectivity index (χ0n) is 10.9. The minimum Gasteiger partial charge on any atom is -0.495 e. The molecule has 1 aromatic carbocycles. The van der Waals surface area contributed by atoms with Crippen LogP contribution in [0.15, 0.2) is 28.1 Å². The van der Waals surface area contributed by atoms with Gasteiger partial charge in [-0.25, -0.2) is 5.43 Å². The Balaban J connectivity index is 2.52. The average Bonchev–Trinajstić information content (AvgIpc) is 2.86. The minimum atomic E-state index is -0.132. The third-order valence-corrected chi connectivity index (χ3v) is 5.47. The molecular weight excluding hydrogens is 455 g/mol. The molecular formula is C13H14BrIN2O2S. The van der Waals surface area contributed by atoms with Crippen LogP contribution in [-0.2, 0) is 0 Å². The summed E-state index contributed by atoms with van der Waals surface area (Å²) in [7, 11) is 3.26. The van der Waals surface area contributed by atoms with E-state index in [0.29, 0.717) is 5.75 Å². The Kier molecular flexibility index (Phi) is 5.67. The lowest BCUT2D eigenvalue weighted by molar-refractivity contribution is 0.383. The fourth-order valence-corrected chi connectivity index (χ4v) is 4.07. The van der Waals surface area contributed by atoms with Crippen LogP contribution in [0.4, 0.5) is 0 Å².